The highest BCUT2D eigenvalue weighted by molar-refractivity contribution is 7.90. The van der Waals surface area contributed by atoms with Crippen molar-refractivity contribution in [3.8, 4) is 11.4 Å². The van der Waals surface area contributed by atoms with Crippen LogP contribution in [0.2, 0.25) is 10.0 Å². The molecule has 0 radical (unpaired) electrons. The zero-order valence-electron chi connectivity index (χ0n) is 15.3. The third kappa shape index (κ3) is 5.96. The summed E-state index contributed by atoms with van der Waals surface area (Å²) in [6, 6.07) is 9.18. The molecule has 0 amide bonds. The van der Waals surface area contributed by atoms with Gasteiger partial charge in [0.1, 0.15) is 0 Å². The maximum Gasteiger partial charge on any atom is 0.416 e. The first kappa shape index (κ1) is 22.6. The molecule has 0 aliphatic carbocycles. The van der Waals surface area contributed by atoms with Crippen LogP contribution in [0.15, 0.2) is 47.0 Å². The Morgan fingerprint density at radius 3 is 2.50 bits per heavy atom. The Hall–Kier alpha value is -2.10. The summed E-state index contributed by atoms with van der Waals surface area (Å²) in [5.74, 6) is -0.167. The van der Waals surface area contributed by atoms with Gasteiger partial charge in [-0.2, -0.15) is 18.2 Å². The van der Waals surface area contributed by atoms with Gasteiger partial charge in [0.25, 0.3) is 0 Å². The number of hydrogen-bond donors (Lipinski definition) is 0. The van der Waals surface area contributed by atoms with Crippen LogP contribution in [0, 0.1) is 0 Å². The van der Waals surface area contributed by atoms with E-state index < -0.39 is 21.6 Å². The van der Waals surface area contributed by atoms with E-state index >= 15 is 0 Å². The predicted octanol–water partition coefficient (Wildman–Crippen LogP) is 5.61. The third-order valence-corrected chi connectivity index (χ3v) is 6.56. The standard InChI is InChI=1S/C19H15Cl2F3N2O3S/c20-15-7-6-12(9-16(15)21)11-30(27,28)8-2-5-17-25-18(26-29-17)13-3-1-4-14(10-13)19(22,23)24/h1,3-4,6-7,9-10H,2,5,8,11H2. The first-order valence-corrected chi connectivity index (χ1v) is 11.3. The summed E-state index contributed by atoms with van der Waals surface area (Å²) in [4.78, 5) is 4.06. The van der Waals surface area contributed by atoms with Gasteiger partial charge >= 0.3 is 6.18 Å². The molecule has 1 aromatic heterocycles. The van der Waals surface area contributed by atoms with Crippen LogP contribution in [0.25, 0.3) is 11.4 Å². The maximum atomic E-state index is 12.8. The van der Waals surface area contributed by atoms with Crippen LogP contribution in [0.1, 0.15) is 23.4 Å². The van der Waals surface area contributed by atoms with Gasteiger partial charge in [-0.25, -0.2) is 8.42 Å². The Bertz CT molecular complexity index is 1150. The van der Waals surface area contributed by atoms with Gasteiger partial charge in [-0.05, 0) is 36.2 Å². The van der Waals surface area contributed by atoms with E-state index in [-0.39, 0.29) is 46.6 Å². The van der Waals surface area contributed by atoms with Crippen molar-refractivity contribution in [2.24, 2.45) is 0 Å². The van der Waals surface area contributed by atoms with Gasteiger partial charge in [0.05, 0.1) is 27.1 Å². The topological polar surface area (TPSA) is 73.1 Å². The summed E-state index contributed by atoms with van der Waals surface area (Å²) in [6.45, 7) is 0. The second-order valence-electron chi connectivity index (χ2n) is 6.53. The molecule has 0 saturated carbocycles. The second-order valence-corrected chi connectivity index (χ2v) is 9.53. The molecule has 3 aromatic rings. The number of halogens is 5. The summed E-state index contributed by atoms with van der Waals surface area (Å²) in [5.41, 5.74) is -0.138. The lowest BCUT2D eigenvalue weighted by molar-refractivity contribution is -0.137. The number of alkyl halides is 3. The van der Waals surface area contributed by atoms with Crippen LogP contribution < -0.4 is 0 Å². The molecule has 11 heteroatoms. The van der Waals surface area contributed by atoms with Gasteiger partial charge in [0, 0.05) is 12.0 Å². The van der Waals surface area contributed by atoms with E-state index in [9.17, 15) is 21.6 Å². The first-order valence-electron chi connectivity index (χ1n) is 8.68. The van der Waals surface area contributed by atoms with E-state index in [0.717, 1.165) is 12.1 Å². The van der Waals surface area contributed by atoms with Gasteiger partial charge in [0.2, 0.25) is 11.7 Å². The number of sulfone groups is 1. The third-order valence-electron chi connectivity index (χ3n) is 4.13. The largest absolute Gasteiger partial charge is 0.416 e. The van der Waals surface area contributed by atoms with Gasteiger partial charge in [-0.3, -0.25) is 0 Å². The molecule has 0 unspecified atom stereocenters. The van der Waals surface area contributed by atoms with Gasteiger partial charge in [-0.15, -0.1) is 0 Å². The van der Waals surface area contributed by atoms with Crippen molar-refractivity contribution >= 4 is 33.0 Å². The SMILES string of the molecule is O=S(=O)(CCCc1nc(-c2cccc(C(F)(F)F)c2)no1)Cc1ccc(Cl)c(Cl)c1. The van der Waals surface area contributed by atoms with Crippen molar-refractivity contribution in [3.63, 3.8) is 0 Å². The highest BCUT2D eigenvalue weighted by atomic mass is 35.5. The number of aryl methyl sites for hydroxylation is 1. The fourth-order valence-corrected chi connectivity index (χ4v) is 4.44. The highest BCUT2D eigenvalue weighted by Gasteiger charge is 2.30. The molecular weight excluding hydrogens is 464 g/mol. The highest BCUT2D eigenvalue weighted by Crippen LogP contribution is 2.31. The molecule has 160 valence electrons. The molecule has 3 rings (SSSR count). The molecule has 0 aliphatic heterocycles. The fourth-order valence-electron chi connectivity index (χ4n) is 2.71. The average Bonchev–Trinajstić information content (AvgIpc) is 3.13. The Labute approximate surface area is 180 Å². The Morgan fingerprint density at radius 1 is 1.03 bits per heavy atom. The molecule has 5 nitrogen and oxygen atoms in total. The quantitative estimate of drug-likeness (QED) is 0.441. The molecule has 2 aromatic carbocycles. The molecule has 1 heterocycles. The minimum Gasteiger partial charge on any atom is -0.339 e. The second kappa shape index (κ2) is 8.95. The summed E-state index contributed by atoms with van der Waals surface area (Å²) < 4.78 is 68.1. The van der Waals surface area contributed by atoms with E-state index in [2.05, 4.69) is 10.1 Å². The minimum absolute atomic E-state index is 0.00904. The molecule has 0 fully saturated rings. The molecular formula is C19H15Cl2F3N2O3S. The Morgan fingerprint density at radius 2 is 1.80 bits per heavy atom. The van der Waals surface area contributed by atoms with E-state index in [1.165, 1.54) is 24.3 Å². The minimum atomic E-state index is -4.48. The number of rotatable bonds is 7. The number of benzene rings is 2. The van der Waals surface area contributed by atoms with Crippen molar-refractivity contribution < 1.29 is 26.1 Å². The van der Waals surface area contributed by atoms with Crippen LogP contribution in [0.3, 0.4) is 0 Å². The number of nitrogens with zero attached hydrogens (tertiary/aromatic N) is 2. The summed E-state index contributed by atoms with van der Waals surface area (Å²) in [7, 11) is -3.42. The maximum absolute atomic E-state index is 12.8. The molecule has 0 bridgehead atoms. The van der Waals surface area contributed by atoms with E-state index in [1.54, 1.807) is 6.07 Å². The number of hydrogen-bond acceptors (Lipinski definition) is 5. The van der Waals surface area contributed by atoms with Crippen molar-refractivity contribution in [2.45, 2.75) is 24.8 Å². The smallest absolute Gasteiger partial charge is 0.339 e. The van der Waals surface area contributed by atoms with Crippen molar-refractivity contribution in [1.29, 1.82) is 0 Å². The normalized spacial score (nSPS) is 12.3. The van der Waals surface area contributed by atoms with Crippen molar-refractivity contribution in [2.75, 3.05) is 5.75 Å². The zero-order chi connectivity index (χ0) is 21.9. The summed E-state index contributed by atoms with van der Waals surface area (Å²) in [6.07, 6.45) is -4.09. The molecule has 0 aliphatic rings. The lowest BCUT2D eigenvalue weighted by atomic mass is 10.1. The molecule has 0 saturated heterocycles. The fraction of sp³-hybridized carbons (Fsp3) is 0.263. The van der Waals surface area contributed by atoms with Crippen LogP contribution in [0.4, 0.5) is 13.2 Å². The van der Waals surface area contributed by atoms with Gasteiger partial charge in [0.15, 0.2) is 9.84 Å². The van der Waals surface area contributed by atoms with E-state index in [1.807, 2.05) is 0 Å². The zero-order valence-corrected chi connectivity index (χ0v) is 17.6. The lowest BCUT2D eigenvalue weighted by Crippen LogP contribution is -2.10. The molecule has 30 heavy (non-hydrogen) atoms. The van der Waals surface area contributed by atoms with Crippen LogP contribution in [-0.4, -0.2) is 24.3 Å². The monoisotopic (exact) mass is 478 g/mol. The molecule has 0 spiro atoms. The van der Waals surface area contributed by atoms with Crippen molar-refractivity contribution in [3.05, 3.63) is 69.5 Å². The van der Waals surface area contributed by atoms with Crippen molar-refractivity contribution in [1.82, 2.24) is 10.1 Å². The Kier molecular flexibility index (Phi) is 6.74. The van der Waals surface area contributed by atoms with E-state index in [0.29, 0.717) is 10.6 Å². The van der Waals surface area contributed by atoms with Gasteiger partial charge in [-0.1, -0.05) is 46.6 Å². The van der Waals surface area contributed by atoms with E-state index in [4.69, 9.17) is 27.7 Å². The first-order chi connectivity index (χ1) is 14.0. The average molecular weight is 479 g/mol. The van der Waals surface area contributed by atoms with Crippen LogP contribution >= 0.6 is 23.2 Å². The molecule has 0 N–H and O–H groups in total. The summed E-state index contributed by atoms with van der Waals surface area (Å²) in [5, 5.41) is 4.29. The molecule has 0 atom stereocenters. The summed E-state index contributed by atoms with van der Waals surface area (Å²) >= 11 is 11.7. The number of aromatic nitrogens is 2. The van der Waals surface area contributed by atoms with Crippen LogP contribution in [-0.2, 0) is 28.2 Å². The Balaban J connectivity index is 1.59. The van der Waals surface area contributed by atoms with Gasteiger partial charge < -0.3 is 4.52 Å². The predicted molar refractivity (Wildman–Crippen MR) is 107 cm³/mol. The van der Waals surface area contributed by atoms with Crippen LogP contribution in [0.5, 0.6) is 0 Å². The lowest BCUT2D eigenvalue weighted by Gasteiger charge is -2.06.